The topological polar surface area (TPSA) is 79.4 Å². The first-order chi connectivity index (χ1) is 9.72. The van der Waals surface area contributed by atoms with Gasteiger partial charge in [-0.05, 0) is 22.4 Å². The first kappa shape index (κ1) is 13.7. The highest BCUT2D eigenvalue weighted by Crippen LogP contribution is 2.26. The summed E-state index contributed by atoms with van der Waals surface area (Å²) in [6, 6.07) is 0. The zero-order valence-corrected chi connectivity index (χ0v) is 12.5. The number of hydrogen-bond donors (Lipinski definition) is 2. The number of rotatable bonds is 3. The number of nitrogens with zero attached hydrogens (tertiary/aromatic N) is 3. The largest absolute Gasteiger partial charge is 0.376 e. The van der Waals surface area contributed by atoms with Crippen LogP contribution in [0.25, 0.3) is 0 Å². The highest BCUT2D eigenvalue weighted by atomic mass is 79.9. The van der Waals surface area contributed by atoms with Gasteiger partial charge >= 0.3 is 0 Å². The fourth-order valence-electron chi connectivity index (χ4n) is 2.38. The van der Waals surface area contributed by atoms with E-state index in [1.54, 1.807) is 6.20 Å². The monoisotopic (exact) mass is 341 g/mol. The summed E-state index contributed by atoms with van der Waals surface area (Å²) in [7, 11) is 0. The first-order valence-corrected chi connectivity index (χ1v) is 7.41. The number of carbonyl (C=O) groups is 1. The van der Waals surface area contributed by atoms with Crippen molar-refractivity contribution in [3.63, 3.8) is 0 Å². The summed E-state index contributed by atoms with van der Waals surface area (Å²) in [5.41, 5.74) is 0. The summed E-state index contributed by atoms with van der Waals surface area (Å²) in [6.45, 7) is 3.53. The third-order valence-corrected chi connectivity index (χ3v) is 3.72. The van der Waals surface area contributed by atoms with Crippen LogP contribution in [0.3, 0.4) is 0 Å². The average Bonchev–Trinajstić information content (AvgIpc) is 2.46. The molecule has 0 aromatic carbocycles. The molecule has 3 heterocycles. The molecule has 8 heteroatoms. The maximum absolute atomic E-state index is 11.7. The standard InChI is InChI=1S/C12H16BrN5O2/c13-9-6-15-11-12(16-9)18(7-10(19)17-11)3-1-8-5-14-2-4-20-8/h6,8,14H,1-5,7H2,(H,15,17,19). The molecule has 1 unspecified atom stereocenters. The lowest BCUT2D eigenvalue weighted by molar-refractivity contribution is -0.115. The molecule has 1 saturated heterocycles. The van der Waals surface area contributed by atoms with Crippen molar-refractivity contribution in [2.24, 2.45) is 0 Å². The lowest BCUT2D eigenvalue weighted by Gasteiger charge is -2.31. The molecular weight excluding hydrogens is 326 g/mol. The van der Waals surface area contributed by atoms with Crippen molar-refractivity contribution in [1.29, 1.82) is 0 Å². The van der Waals surface area contributed by atoms with E-state index in [1.807, 2.05) is 4.90 Å². The number of fused-ring (bicyclic) bond motifs is 1. The van der Waals surface area contributed by atoms with Gasteiger partial charge in [-0.1, -0.05) is 0 Å². The van der Waals surface area contributed by atoms with Crippen LogP contribution < -0.4 is 15.5 Å². The predicted molar refractivity (Wildman–Crippen MR) is 77.8 cm³/mol. The minimum Gasteiger partial charge on any atom is -0.376 e. The van der Waals surface area contributed by atoms with Crippen molar-refractivity contribution in [3.8, 4) is 0 Å². The van der Waals surface area contributed by atoms with Gasteiger partial charge in [0.1, 0.15) is 4.60 Å². The first-order valence-electron chi connectivity index (χ1n) is 6.62. The van der Waals surface area contributed by atoms with Crippen molar-refractivity contribution in [2.45, 2.75) is 12.5 Å². The number of morpholine rings is 1. The van der Waals surface area contributed by atoms with Crippen LogP contribution in [0, 0.1) is 0 Å². The summed E-state index contributed by atoms with van der Waals surface area (Å²) >= 11 is 3.31. The Balaban J connectivity index is 1.69. The minimum absolute atomic E-state index is 0.0585. The number of anilines is 2. The van der Waals surface area contributed by atoms with E-state index < -0.39 is 0 Å². The van der Waals surface area contributed by atoms with Crippen molar-refractivity contribution in [3.05, 3.63) is 10.8 Å². The van der Waals surface area contributed by atoms with Gasteiger partial charge < -0.3 is 20.3 Å². The fourth-order valence-corrected chi connectivity index (χ4v) is 2.65. The van der Waals surface area contributed by atoms with E-state index in [1.165, 1.54) is 0 Å². The Bertz CT molecular complexity index is 507. The molecule has 7 nitrogen and oxygen atoms in total. The molecule has 3 rings (SSSR count). The normalized spacial score (nSPS) is 22.4. The maximum atomic E-state index is 11.7. The van der Waals surface area contributed by atoms with Crippen molar-refractivity contribution in [1.82, 2.24) is 15.3 Å². The summed E-state index contributed by atoms with van der Waals surface area (Å²) in [5, 5.41) is 6.04. The van der Waals surface area contributed by atoms with Crippen molar-refractivity contribution < 1.29 is 9.53 Å². The van der Waals surface area contributed by atoms with Crippen LogP contribution in [0.5, 0.6) is 0 Å². The molecular formula is C12H16BrN5O2. The smallest absolute Gasteiger partial charge is 0.245 e. The number of hydrogen-bond acceptors (Lipinski definition) is 6. The van der Waals surface area contributed by atoms with E-state index in [9.17, 15) is 4.79 Å². The van der Waals surface area contributed by atoms with Crippen LogP contribution >= 0.6 is 15.9 Å². The molecule has 1 atom stereocenters. The van der Waals surface area contributed by atoms with Gasteiger partial charge in [0, 0.05) is 19.6 Å². The Morgan fingerprint density at radius 2 is 2.45 bits per heavy atom. The van der Waals surface area contributed by atoms with E-state index >= 15 is 0 Å². The number of ether oxygens (including phenoxy) is 1. The Labute approximate surface area is 125 Å². The number of halogens is 1. The number of nitrogens with one attached hydrogen (secondary N) is 2. The Hall–Kier alpha value is -1.25. The molecule has 0 aliphatic carbocycles. The van der Waals surface area contributed by atoms with Gasteiger partial charge in [-0.25, -0.2) is 9.97 Å². The SMILES string of the molecule is O=C1CN(CCC2CNCCO2)c2nc(Br)cnc2N1. The Kier molecular flexibility index (Phi) is 4.13. The van der Waals surface area contributed by atoms with E-state index in [4.69, 9.17) is 4.74 Å². The van der Waals surface area contributed by atoms with E-state index in [0.717, 1.165) is 32.7 Å². The lowest BCUT2D eigenvalue weighted by Crippen LogP contribution is -2.43. The molecule has 0 bridgehead atoms. The van der Waals surface area contributed by atoms with Crippen LogP contribution in [0.4, 0.5) is 11.6 Å². The molecule has 1 amide bonds. The zero-order valence-electron chi connectivity index (χ0n) is 10.9. The highest BCUT2D eigenvalue weighted by Gasteiger charge is 2.25. The van der Waals surface area contributed by atoms with E-state index in [0.29, 0.717) is 22.8 Å². The second-order valence-corrected chi connectivity index (χ2v) is 5.63. The molecule has 0 saturated carbocycles. The number of aromatic nitrogens is 2. The molecule has 108 valence electrons. The van der Waals surface area contributed by atoms with Gasteiger partial charge in [0.25, 0.3) is 0 Å². The molecule has 2 N–H and O–H groups in total. The molecule has 1 aromatic rings. The second kappa shape index (κ2) is 6.02. The Morgan fingerprint density at radius 1 is 1.55 bits per heavy atom. The minimum atomic E-state index is -0.0585. The van der Waals surface area contributed by atoms with Crippen LogP contribution in [0.15, 0.2) is 10.8 Å². The molecule has 2 aliphatic heterocycles. The summed E-state index contributed by atoms with van der Waals surface area (Å²) in [5.74, 6) is 1.17. The van der Waals surface area contributed by atoms with Crippen LogP contribution in [-0.2, 0) is 9.53 Å². The summed E-state index contributed by atoms with van der Waals surface area (Å²) in [6.07, 6.45) is 2.63. The molecule has 0 radical (unpaired) electrons. The second-order valence-electron chi connectivity index (χ2n) is 4.82. The third kappa shape index (κ3) is 3.08. The van der Waals surface area contributed by atoms with Crippen LogP contribution in [-0.4, -0.2) is 54.8 Å². The molecule has 2 aliphatic rings. The van der Waals surface area contributed by atoms with Gasteiger partial charge in [-0.2, -0.15) is 0 Å². The average molecular weight is 342 g/mol. The molecule has 1 fully saturated rings. The van der Waals surface area contributed by atoms with Gasteiger partial charge in [0.2, 0.25) is 5.91 Å². The molecule has 1 aromatic heterocycles. The van der Waals surface area contributed by atoms with Gasteiger partial charge in [0.05, 0.1) is 25.5 Å². The quantitative estimate of drug-likeness (QED) is 0.827. The lowest BCUT2D eigenvalue weighted by atomic mass is 10.2. The Morgan fingerprint density at radius 3 is 3.25 bits per heavy atom. The van der Waals surface area contributed by atoms with Crippen molar-refractivity contribution >= 4 is 33.5 Å². The molecule has 0 spiro atoms. The van der Waals surface area contributed by atoms with E-state index in [2.05, 4.69) is 36.5 Å². The van der Waals surface area contributed by atoms with Gasteiger partial charge in [-0.15, -0.1) is 0 Å². The number of amides is 1. The van der Waals surface area contributed by atoms with Crippen molar-refractivity contribution in [2.75, 3.05) is 43.0 Å². The van der Waals surface area contributed by atoms with Gasteiger partial charge in [0.15, 0.2) is 11.6 Å². The highest BCUT2D eigenvalue weighted by molar-refractivity contribution is 9.10. The predicted octanol–water partition coefficient (Wildman–Crippen LogP) is 0.376. The number of carbonyl (C=O) groups excluding carboxylic acids is 1. The molecule has 20 heavy (non-hydrogen) atoms. The summed E-state index contributed by atoms with van der Waals surface area (Å²) < 4.78 is 6.33. The van der Waals surface area contributed by atoms with E-state index in [-0.39, 0.29) is 12.0 Å². The third-order valence-electron chi connectivity index (χ3n) is 3.34. The van der Waals surface area contributed by atoms with Gasteiger partial charge in [-0.3, -0.25) is 4.79 Å². The van der Waals surface area contributed by atoms with Crippen LogP contribution in [0.2, 0.25) is 0 Å². The maximum Gasteiger partial charge on any atom is 0.245 e. The zero-order chi connectivity index (χ0) is 13.9. The fraction of sp³-hybridized carbons (Fsp3) is 0.583. The summed E-state index contributed by atoms with van der Waals surface area (Å²) in [4.78, 5) is 22.2. The van der Waals surface area contributed by atoms with Crippen LogP contribution in [0.1, 0.15) is 6.42 Å².